The van der Waals surface area contributed by atoms with E-state index < -0.39 is 12.0 Å². The zero-order valence-corrected chi connectivity index (χ0v) is 13.2. The third kappa shape index (κ3) is 3.03. The Bertz CT molecular complexity index is 544. The Morgan fingerprint density at radius 1 is 1.40 bits per heavy atom. The summed E-state index contributed by atoms with van der Waals surface area (Å²) in [4.78, 5) is 25.4. The Hall–Kier alpha value is -1.36. The molecule has 1 aliphatic heterocycles. The van der Waals surface area contributed by atoms with Gasteiger partial charge in [0.2, 0.25) is 0 Å². The molecule has 2 unspecified atom stereocenters. The van der Waals surface area contributed by atoms with Gasteiger partial charge in [-0.05, 0) is 43.4 Å². The molecule has 20 heavy (non-hydrogen) atoms. The first-order valence-corrected chi connectivity index (χ1v) is 7.49. The van der Waals surface area contributed by atoms with Crippen molar-refractivity contribution in [2.24, 2.45) is 5.92 Å². The Kier molecular flexibility index (Phi) is 4.48. The summed E-state index contributed by atoms with van der Waals surface area (Å²) >= 11 is 3.40. The number of hydrogen-bond donors (Lipinski definition) is 1. The first-order valence-electron chi connectivity index (χ1n) is 6.70. The fraction of sp³-hybridized carbons (Fsp3) is 0.467. The Balaban J connectivity index is 2.26. The van der Waals surface area contributed by atoms with Crippen molar-refractivity contribution in [3.63, 3.8) is 0 Å². The number of hydrogen-bond acceptors (Lipinski definition) is 2. The maximum Gasteiger partial charge on any atom is 0.326 e. The highest BCUT2D eigenvalue weighted by molar-refractivity contribution is 9.10. The van der Waals surface area contributed by atoms with Gasteiger partial charge in [0.15, 0.2) is 0 Å². The minimum Gasteiger partial charge on any atom is -0.480 e. The Morgan fingerprint density at radius 3 is 2.70 bits per heavy atom. The normalized spacial score (nSPS) is 22.6. The first-order chi connectivity index (χ1) is 9.40. The molecule has 2 rings (SSSR count). The molecule has 0 bridgehead atoms. The molecule has 1 amide bonds. The van der Waals surface area contributed by atoms with Crippen molar-refractivity contribution < 1.29 is 14.7 Å². The van der Waals surface area contributed by atoms with Crippen molar-refractivity contribution in [2.75, 3.05) is 6.54 Å². The lowest BCUT2D eigenvalue weighted by Gasteiger charge is -2.36. The van der Waals surface area contributed by atoms with Crippen LogP contribution in [0.3, 0.4) is 0 Å². The standard InChI is InChI=1S/C15H18BrNO3/c1-9-5-6-17(13(7-9)15(19)20)14(18)11-4-3-10(2)12(16)8-11/h3-4,8-9,13H,5-7H2,1-2H3,(H,19,20). The molecular weight excluding hydrogens is 322 g/mol. The number of aliphatic carboxylic acids is 1. The quantitative estimate of drug-likeness (QED) is 0.900. The van der Waals surface area contributed by atoms with E-state index in [4.69, 9.17) is 0 Å². The largest absolute Gasteiger partial charge is 0.480 e. The van der Waals surface area contributed by atoms with E-state index in [1.807, 2.05) is 19.9 Å². The highest BCUT2D eigenvalue weighted by atomic mass is 79.9. The second kappa shape index (κ2) is 5.95. The van der Waals surface area contributed by atoms with Gasteiger partial charge >= 0.3 is 5.97 Å². The molecule has 1 N–H and O–H groups in total. The number of nitrogens with zero attached hydrogens (tertiary/aromatic N) is 1. The van der Waals surface area contributed by atoms with Crippen molar-refractivity contribution in [3.8, 4) is 0 Å². The van der Waals surface area contributed by atoms with Crippen LogP contribution in [0, 0.1) is 12.8 Å². The Morgan fingerprint density at radius 2 is 2.10 bits per heavy atom. The van der Waals surface area contributed by atoms with Gasteiger partial charge in [-0.25, -0.2) is 4.79 Å². The van der Waals surface area contributed by atoms with Gasteiger partial charge in [-0.1, -0.05) is 28.9 Å². The molecule has 1 saturated heterocycles. The summed E-state index contributed by atoms with van der Waals surface area (Å²) in [6, 6.07) is 4.65. The molecule has 0 aromatic heterocycles. The SMILES string of the molecule is Cc1ccc(C(=O)N2CCC(C)CC2C(=O)O)cc1Br. The minimum absolute atomic E-state index is 0.204. The van der Waals surface area contributed by atoms with Gasteiger partial charge in [-0.15, -0.1) is 0 Å². The van der Waals surface area contributed by atoms with E-state index in [0.717, 1.165) is 16.5 Å². The van der Waals surface area contributed by atoms with Crippen molar-refractivity contribution in [3.05, 3.63) is 33.8 Å². The summed E-state index contributed by atoms with van der Waals surface area (Å²) in [6.07, 6.45) is 1.37. The second-order valence-corrected chi connectivity index (χ2v) is 6.30. The molecule has 2 atom stereocenters. The number of halogens is 1. The number of carbonyl (C=O) groups is 2. The van der Waals surface area contributed by atoms with Crippen LogP contribution in [0.25, 0.3) is 0 Å². The zero-order chi connectivity index (χ0) is 14.9. The van der Waals surface area contributed by atoms with Gasteiger partial charge in [0.1, 0.15) is 6.04 Å². The van der Waals surface area contributed by atoms with Crippen molar-refractivity contribution in [2.45, 2.75) is 32.7 Å². The van der Waals surface area contributed by atoms with E-state index in [0.29, 0.717) is 24.4 Å². The molecule has 1 aromatic rings. The van der Waals surface area contributed by atoms with Crippen molar-refractivity contribution in [1.82, 2.24) is 4.90 Å². The summed E-state index contributed by atoms with van der Waals surface area (Å²) in [5, 5.41) is 9.32. The maximum absolute atomic E-state index is 12.5. The number of carboxylic acid groups (broad SMARTS) is 1. The van der Waals surface area contributed by atoms with Gasteiger partial charge in [0.25, 0.3) is 5.91 Å². The van der Waals surface area contributed by atoms with Gasteiger partial charge < -0.3 is 10.0 Å². The fourth-order valence-corrected chi connectivity index (χ4v) is 2.89. The van der Waals surface area contributed by atoms with Gasteiger partial charge in [-0.2, -0.15) is 0 Å². The number of rotatable bonds is 2. The zero-order valence-electron chi connectivity index (χ0n) is 11.6. The van der Waals surface area contributed by atoms with E-state index in [1.165, 1.54) is 4.90 Å². The molecule has 1 aliphatic rings. The molecular formula is C15H18BrNO3. The van der Waals surface area contributed by atoms with Crippen LogP contribution in [0.15, 0.2) is 22.7 Å². The summed E-state index contributed by atoms with van der Waals surface area (Å²) < 4.78 is 0.862. The molecule has 108 valence electrons. The highest BCUT2D eigenvalue weighted by Crippen LogP contribution is 2.26. The van der Waals surface area contributed by atoms with Gasteiger partial charge in [-0.3, -0.25) is 4.79 Å². The summed E-state index contributed by atoms with van der Waals surface area (Å²) in [6.45, 7) is 4.48. The number of carbonyl (C=O) groups excluding carboxylic acids is 1. The number of amides is 1. The van der Waals surface area contributed by atoms with Gasteiger partial charge in [0, 0.05) is 16.6 Å². The molecule has 0 radical (unpaired) electrons. The highest BCUT2D eigenvalue weighted by Gasteiger charge is 2.35. The maximum atomic E-state index is 12.5. The van der Waals surface area contributed by atoms with Crippen LogP contribution in [0.5, 0.6) is 0 Å². The van der Waals surface area contributed by atoms with Crippen LogP contribution < -0.4 is 0 Å². The smallest absolute Gasteiger partial charge is 0.326 e. The fourth-order valence-electron chi connectivity index (χ4n) is 2.51. The van der Waals surface area contributed by atoms with Crippen LogP contribution in [-0.4, -0.2) is 34.5 Å². The minimum atomic E-state index is -0.920. The van der Waals surface area contributed by atoms with E-state index in [-0.39, 0.29) is 5.91 Å². The summed E-state index contributed by atoms with van der Waals surface area (Å²) in [5.41, 5.74) is 1.58. The molecule has 1 aromatic carbocycles. The van der Waals surface area contributed by atoms with Crippen molar-refractivity contribution >= 4 is 27.8 Å². The lowest BCUT2D eigenvalue weighted by atomic mass is 9.92. The molecule has 5 heteroatoms. The summed E-state index contributed by atoms with van der Waals surface area (Å²) in [5.74, 6) is -0.786. The van der Waals surface area contributed by atoms with E-state index in [9.17, 15) is 14.7 Å². The number of piperidine rings is 1. The number of carboxylic acids is 1. The molecule has 0 saturated carbocycles. The lowest BCUT2D eigenvalue weighted by Crippen LogP contribution is -2.49. The van der Waals surface area contributed by atoms with E-state index in [2.05, 4.69) is 15.9 Å². The van der Waals surface area contributed by atoms with Gasteiger partial charge in [0.05, 0.1) is 0 Å². The lowest BCUT2D eigenvalue weighted by molar-refractivity contribution is -0.144. The molecule has 4 nitrogen and oxygen atoms in total. The topological polar surface area (TPSA) is 57.6 Å². The molecule has 1 fully saturated rings. The van der Waals surface area contributed by atoms with Crippen molar-refractivity contribution in [1.29, 1.82) is 0 Å². The predicted molar refractivity (Wildman–Crippen MR) is 79.7 cm³/mol. The van der Waals surface area contributed by atoms with E-state index >= 15 is 0 Å². The number of aryl methyl sites for hydroxylation is 1. The van der Waals surface area contributed by atoms with E-state index in [1.54, 1.807) is 12.1 Å². The predicted octanol–water partition coefficient (Wildman–Crippen LogP) is 3.08. The number of benzene rings is 1. The van der Waals surface area contributed by atoms with Crippen LogP contribution in [-0.2, 0) is 4.79 Å². The van der Waals surface area contributed by atoms with Crippen LogP contribution in [0.1, 0.15) is 35.7 Å². The third-order valence-corrected chi connectivity index (χ3v) is 4.68. The average Bonchev–Trinajstić information content (AvgIpc) is 2.41. The summed E-state index contributed by atoms with van der Waals surface area (Å²) in [7, 11) is 0. The van der Waals surface area contributed by atoms with Crippen LogP contribution in [0.4, 0.5) is 0 Å². The third-order valence-electron chi connectivity index (χ3n) is 3.83. The Labute approximate surface area is 126 Å². The van der Waals surface area contributed by atoms with Crippen LogP contribution >= 0.6 is 15.9 Å². The first kappa shape index (κ1) is 15.0. The second-order valence-electron chi connectivity index (χ2n) is 5.45. The average molecular weight is 340 g/mol. The molecule has 0 spiro atoms. The monoisotopic (exact) mass is 339 g/mol. The molecule has 0 aliphatic carbocycles. The molecule has 1 heterocycles. The number of likely N-dealkylation sites (tertiary alicyclic amines) is 1. The van der Waals surface area contributed by atoms with Crippen LogP contribution in [0.2, 0.25) is 0 Å².